The van der Waals surface area contributed by atoms with E-state index in [1.54, 1.807) is 10.9 Å². The minimum absolute atomic E-state index is 0.0341. The number of hydrogen-bond donors (Lipinski definition) is 1. The molecule has 1 saturated carbocycles. The Bertz CT molecular complexity index is 507. The number of anilines is 1. The van der Waals surface area contributed by atoms with Gasteiger partial charge in [0.1, 0.15) is 5.69 Å². The number of aromatic nitrogens is 2. The topological polar surface area (TPSA) is 56.1 Å². The first kappa shape index (κ1) is 13.1. The third-order valence-electron chi connectivity index (χ3n) is 3.93. The van der Waals surface area contributed by atoms with Crippen molar-refractivity contribution in [3.63, 3.8) is 0 Å². The van der Waals surface area contributed by atoms with Crippen molar-refractivity contribution >= 4 is 21.6 Å². The molecule has 0 bridgehead atoms. The van der Waals surface area contributed by atoms with Crippen molar-refractivity contribution in [2.24, 2.45) is 5.92 Å². The Morgan fingerprint density at radius 3 is 2.95 bits per heavy atom. The smallest absolute Gasteiger partial charge is 0.291 e. The summed E-state index contributed by atoms with van der Waals surface area (Å²) >= 11 is 3.41. The van der Waals surface area contributed by atoms with Gasteiger partial charge >= 0.3 is 0 Å². The van der Waals surface area contributed by atoms with Crippen LogP contribution in [-0.2, 0) is 11.3 Å². The molecule has 5 nitrogen and oxygen atoms in total. The van der Waals surface area contributed by atoms with Crippen LogP contribution in [0.25, 0.3) is 0 Å². The Morgan fingerprint density at radius 2 is 2.32 bits per heavy atom. The Morgan fingerprint density at radius 1 is 1.47 bits per heavy atom. The number of rotatable bonds is 4. The first-order valence-corrected chi connectivity index (χ1v) is 7.63. The van der Waals surface area contributed by atoms with Crippen LogP contribution in [-0.4, -0.2) is 29.0 Å². The molecule has 0 amide bonds. The molecule has 19 heavy (non-hydrogen) atoms. The molecule has 104 valence electrons. The van der Waals surface area contributed by atoms with E-state index in [9.17, 15) is 4.79 Å². The lowest BCUT2D eigenvalue weighted by atomic mass is 9.85. The first-order valence-electron chi connectivity index (χ1n) is 6.84. The first-order chi connectivity index (χ1) is 9.24. The predicted octanol–water partition coefficient (Wildman–Crippen LogP) is 2.01. The Kier molecular flexibility index (Phi) is 3.88. The summed E-state index contributed by atoms with van der Waals surface area (Å²) in [5, 5.41) is 7.50. The second-order valence-electron chi connectivity index (χ2n) is 5.36. The fourth-order valence-corrected chi connectivity index (χ4v) is 2.88. The maximum Gasteiger partial charge on any atom is 0.291 e. The molecule has 1 aliphatic carbocycles. The zero-order chi connectivity index (χ0) is 13.2. The summed E-state index contributed by atoms with van der Waals surface area (Å²) in [6, 6.07) is 0.226. The van der Waals surface area contributed by atoms with Gasteiger partial charge in [0.2, 0.25) is 0 Å². The van der Waals surface area contributed by atoms with Crippen molar-refractivity contribution < 1.29 is 4.74 Å². The fraction of sp³-hybridized carbons (Fsp3) is 0.692. The Hall–Kier alpha value is -0.880. The van der Waals surface area contributed by atoms with Gasteiger partial charge in [0.25, 0.3) is 5.56 Å². The van der Waals surface area contributed by atoms with Crippen LogP contribution in [0, 0.1) is 5.92 Å². The van der Waals surface area contributed by atoms with Crippen LogP contribution in [0.2, 0.25) is 0 Å². The lowest BCUT2D eigenvalue weighted by molar-refractivity contribution is 0.195. The predicted molar refractivity (Wildman–Crippen MR) is 76.4 cm³/mol. The molecular formula is C13H18BrN3O2. The highest BCUT2D eigenvalue weighted by atomic mass is 79.9. The molecule has 2 heterocycles. The number of nitrogens with zero attached hydrogens (tertiary/aromatic N) is 2. The summed E-state index contributed by atoms with van der Waals surface area (Å²) in [5.74, 6) is 0.619. The Labute approximate surface area is 120 Å². The third-order valence-corrected chi connectivity index (χ3v) is 4.53. The van der Waals surface area contributed by atoms with Crippen LogP contribution >= 0.6 is 15.9 Å². The molecule has 0 aromatic carbocycles. The van der Waals surface area contributed by atoms with Gasteiger partial charge in [-0.25, -0.2) is 4.68 Å². The van der Waals surface area contributed by atoms with Crippen LogP contribution < -0.4 is 10.9 Å². The van der Waals surface area contributed by atoms with Crippen LogP contribution in [0.15, 0.2) is 15.5 Å². The van der Waals surface area contributed by atoms with E-state index in [1.165, 1.54) is 19.3 Å². The molecule has 1 aliphatic heterocycles. The molecule has 0 radical (unpaired) electrons. The van der Waals surface area contributed by atoms with E-state index in [0.717, 1.165) is 24.0 Å². The van der Waals surface area contributed by atoms with Crippen molar-refractivity contribution in [2.45, 2.75) is 38.3 Å². The van der Waals surface area contributed by atoms with E-state index in [4.69, 9.17) is 4.74 Å². The Balaban J connectivity index is 1.80. The van der Waals surface area contributed by atoms with E-state index >= 15 is 0 Å². The zero-order valence-electron chi connectivity index (χ0n) is 10.8. The van der Waals surface area contributed by atoms with Gasteiger partial charge in [0.05, 0.1) is 23.3 Å². The molecule has 6 heteroatoms. The van der Waals surface area contributed by atoms with Crippen molar-refractivity contribution in [3.05, 3.63) is 21.0 Å². The fourth-order valence-electron chi connectivity index (χ4n) is 2.50. The van der Waals surface area contributed by atoms with Crippen LogP contribution in [0.3, 0.4) is 0 Å². The quantitative estimate of drug-likeness (QED) is 0.919. The summed E-state index contributed by atoms with van der Waals surface area (Å²) in [4.78, 5) is 12.4. The van der Waals surface area contributed by atoms with Gasteiger partial charge in [0, 0.05) is 13.2 Å². The number of nitrogens with one attached hydrogen (secondary N) is 1. The molecule has 3 rings (SSSR count). The van der Waals surface area contributed by atoms with Gasteiger partial charge in [-0.2, -0.15) is 5.10 Å². The summed E-state index contributed by atoms with van der Waals surface area (Å²) in [5.41, 5.74) is 0.581. The van der Waals surface area contributed by atoms with Crippen LogP contribution in [0.1, 0.15) is 25.7 Å². The van der Waals surface area contributed by atoms with E-state index in [0.29, 0.717) is 18.2 Å². The highest BCUT2D eigenvalue weighted by Gasteiger charge is 2.22. The highest BCUT2D eigenvalue weighted by molar-refractivity contribution is 9.10. The molecule has 1 aromatic heterocycles. The van der Waals surface area contributed by atoms with Crippen molar-refractivity contribution in [2.75, 3.05) is 18.5 Å². The molecule has 1 N–H and O–H groups in total. The molecular weight excluding hydrogens is 310 g/mol. The average molecular weight is 328 g/mol. The monoisotopic (exact) mass is 327 g/mol. The van der Waals surface area contributed by atoms with Gasteiger partial charge < -0.3 is 10.1 Å². The normalized spacial score (nSPS) is 23.3. The summed E-state index contributed by atoms with van der Waals surface area (Å²) in [6.45, 7) is 2.16. The lowest BCUT2D eigenvalue weighted by Gasteiger charge is -2.25. The number of hydrogen-bond acceptors (Lipinski definition) is 4. The van der Waals surface area contributed by atoms with E-state index in [-0.39, 0.29) is 11.6 Å². The highest BCUT2D eigenvalue weighted by Crippen LogP contribution is 2.27. The van der Waals surface area contributed by atoms with Gasteiger partial charge in [-0.05, 0) is 41.1 Å². The number of ether oxygens (including phenoxy) is 1. The van der Waals surface area contributed by atoms with Crippen LogP contribution in [0.5, 0.6) is 0 Å². The van der Waals surface area contributed by atoms with E-state index < -0.39 is 0 Å². The van der Waals surface area contributed by atoms with Gasteiger partial charge in [-0.1, -0.05) is 6.42 Å². The summed E-state index contributed by atoms with van der Waals surface area (Å²) in [6.07, 6.45) is 6.35. The van der Waals surface area contributed by atoms with Gasteiger partial charge in [0.15, 0.2) is 0 Å². The molecule has 1 atom stereocenters. The molecule has 1 saturated heterocycles. The second kappa shape index (κ2) is 5.63. The van der Waals surface area contributed by atoms with Crippen molar-refractivity contribution in [3.8, 4) is 0 Å². The minimum Gasteiger partial charge on any atom is -0.379 e. The van der Waals surface area contributed by atoms with Crippen LogP contribution in [0.4, 0.5) is 5.69 Å². The zero-order valence-corrected chi connectivity index (χ0v) is 12.4. The summed E-state index contributed by atoms with van der Waals surface area (Å²) in [7, 11) is 0. The SMILES string of the molecule is O=c1c(NC2CCOC2)c(Br)cnn1CC1CCC1. The molecule has 0 spiro atoms. The number of halogens is 1. The van der Waals surface area contributed by atoms with E-state index in [1.807, 2.05) is 0 Å². The second-order valence-corrected chi connectivity index (χ2v) is 6.21. The molecule has 2 fully saturated rings. The van der Waals surface area contributed by atoms with Crippen molar-refractivity contribution in [1.29, 1.82) is 0 Å². The molecule has 1 unspecified atom stereocenters. The third kappa shape index (κ3) is 2.84. The van der Waals surface area contributed by atoms with Gasteiger partial charge in [-0.3, -0.25) is 4.79 Å². The standard InChI is InChI=1S/C13H18BrN3O2/c14-11-6-15-17(7-9-2-1-3-9)13(18)12(11)16-10-4-5-19-8-10/h6,9-10,16H,1-5,7-8H2. The average Bonchev–Trinajstić information content (AvgIpc) is 2.84. The van der Waals surface area contributed by atoms with Crippen molar-refractivity contribution in [1.82, 2.24) is 9.78 Å². The van der Waals surface area contributed by atoms with E-state index in [2.05, 4.69) is 26.3 Å². The maximum atomic E-state index is 12.4. The maximum absolute atomic E-state index is 12.4. The lowest BCUT2D eigenvalue weighted by Crippen LogP contribution is -2.33. The summed E-state index contributed by atoms with van der Waals surface area (Å²) < 4.78 is 7.65. The largest absolute Gasteiger partial charge is 0.379 e. The molecule has 2 aliphatic rings. The van der Waals surface area contributed by atoms with Gasteiger partial charge in [-0.15, -0.1) is 0 Å². The molecule has 1 aromatic rings. The minimum atomic E-state index is -0.0341.